The number of halogens is 2. The molecule has 4 heteroatoms. The fourth-order valence-electron chi connectivity index (χ4n) is 1.60. The smallest absolute Gasteiger partial charge is 0.146 e. The second-order valence-corrected chi connectivity index (χ2v) is 5.48. The van der Waals surface area contributed by atoms with Crippen LogP contribution >= 0.6 is 23.2 Å². The normalized spacial score (nSPS) is 9.68. The molecule has 0 atom stereocenters. The summed E-state index contributed by atoms with van der Waals surface area (Å²) >= 11 is 11.9. The fraction of sp³-hybridized carbons (Fsp3) is 0.222. The van der Waals surface area contributed by atoms with E-state index < -0.39 is 0 Å². The summed E-state index contributed by atoms with van der Waals surface area (Å²) in [7, 11) is 0. The average Bonchev–Trinajstić information content (AvgIpc) is 2.51. The molecule has 2 aromatic carbocycles. The summed E-state index contributed by atoms with van der Waals surface area (Å²) in [5.74, 6) is 1.26. The highest BCUT2D eigenvalue weighted by atomic mass is 35.5. The van der Waals surface area contributed by atoms with Crippen molar-refractivity contribution in [2.45, 2.75) is 26.9 Å². The van der Waals surface area contributed by atoms with Gasteiger partial charge in [-0.1, -0.05) is 48.3 Å². The Morgan fingerprint density at radius 2 is 1.77 bits per heavy atom. The van der Waals surface area contributed by atoms with Crippen molar-refractivity contribution in [2.24, 2.45) is 0 Å². The molecule has 0 radical (unpaired) electrons. The third-order valence-corrected chi connectivity index (χ3v) is 3.35. The predicted octanol–water partition coefficient (Wildman–Crippen LogP) is 6.17. The zero-order valence-corrected chi connectivity index (χ0v) is 14.3. The molecule has 0 aromatic heterocycles. The van der Waals surface area contributed by atoms with Crippen LogP contribution in [0.1, 0.15) is 24.5 Å². The van der Waals surface area contributed by atoms with Gasteiger partial charge in [0.25, 0.3) is 0 Å². The summed E-state index contributed by atoms with van der Waals surface area (Å²) in [6.45, 7) is 7.47. The van der Waals surface area contributed by atoms with Gasteiger partial charge in [0.1, 0.15) is 11.5 Å². The Morgan fingerprint density at radius 1 is 1.14 bits per heavy atom. The molecule has 0 aliphatic heterocycles. The van der Waals surface area contributed by atoms with Gasteiger partial charge in [0, 0.05) is 5.02 Å². The van der Waals surface area contributed by atoms with Crippen LogP contribution in [0.4, 0.5) is 0 Å². The summed E-state index contributed by atoms with van der Waals surface area (Å²) < 4.78 is 5.72. The molecular weight excluding hydrogens is 319 g/mol. The summed E-state index contributed by atoms with van der Waals surface area (Å²) in [5.41, 5.74) is 1.79. The maximum absolute atomic E-state index is 9.04. The summed E-state index contributed by atoms with van der Waals surface area (Å²) in [4.78, 5) is 0. The van der Waals surface area contributed by atoms with E-state index in [9.17, 15) is 0 Å². The molecule has 118 valence electrons. The minimum atomic E-state index is 0.0167. The largest absolute Gasteiger partial charge is 0.456 e. The molecule has 0 unspecified atom stereocenters. The molecule has 0 aliphatic carbocycles. The minimum Gasteiger partial charge on any atom is -0.456 e. The van der Waals surface area contributed by atoms with Gasteiger partial charge in [0.15, 0.2) is 0 Å². The van der Waals surface area contributed by atoms with E-state index >= 15 is 0 Å². The van der Waals surface area contributed by atoms with Gasteiger partial charge < -0.3 is 9.84 Å². The van der Waals surface area contributed by atoms with E-state index in [4.69, 9.17) is 33.0 Å². The van der Waals surface area contributed by atoms with Gasteiger partial charge in [0.05, 0.1) is 11.6 Å². The third kappa shape index (κ3) is 5.72. The summed E-state index contributed by atoms with van der Waals surface area (Å²) in [5, 5.41) is 10.1. The van der Waals surface area contributed by atoms with Crippen molar-refractivity contribution in [3.8, 4) is 11.5 Å². The Bertz CT molecular complexity index is 624. The van der Waals surface area contributed by atoms with E-state index in [2.05, 4.69) is 13.5 Å². The number of aliphatic hydroxyl groups excluding tert-OH is 1. The van der Waals surface area contributed by atoms with E-state index in [0.717, 1.165) is 17.5 Å². The Balaban J connectivity index is 0.000000541. The maximum atomic E-state index is 9.04. The molecular formula is C18H20Cl2O2. The number of ether oxygens (including phenoxy) is 1. The van der Waals surface area contributed by atoms with Crippen LogP contribution in [0.3, 0.4) is 0 Å². The summed E-state index contributed by atoms with van der Waals surface area (Å²) in [6.07, 6.45) is 2.96. The van der Waals surface area contributed by atoms with Crippen LogP contribution in [0.2, 0.25) is 10.0 Å². The maximum Gasteiger partial charge on any atom is 0.146 e. The van der Waals surface area contributed by atoms with E-state index in [1.165, 1.54) is 0 Å². The van der Waals surface area contributed by atoms with Crippen molar-refractivity contribution in [3.05, 3.63) is 70.2 Å². The van der Waals surface area contributed by atoms with Crippen LogP contribution in [0, 0.1) is 6.92 Å². The second-order valence-electron chi connectivity index (χ2n) is 4.63. The fourth-order valence-corrected chi connectivity index (χ4v) is 2.05. The highest BCUT2D eigenvalue weighted by Crippen LogP contribution is 2.33. The van der Waals surface area contributed by atoms with Crippen molar-refractivity contribution in [3.63, 3.8) is 0 Å². The van der Waals surface area contributed by atoms with Crippen molar-refractivity contribution < 1.29 is 9.84 Å². The lowest BCUT2D eigenvalue weighted by atomic mass is 10.1. The Morgan fingerprint density at radius 3 is 2.27 bits per heavy atom. The van der Waals surface area contributed by atoms with Gasteiger partial charge in [-0.25, -0.2) is 0 Å². The van der Waals surface area contributed by atoms with Crippen LogP contribution in [-0.2, 0) is 6.61 Å². The first kappa shape index (κ1) is 18.6. The molecule has 0 fully saturated rings. The number of allylic oxidation sites excluding steroid dienone is 1. The molecule has 0 heterocycles. The number of hydrogen-bond donors (Lipinski definition) is 1. The predicted molar refractivity (Wildman–Crippen MR) is 94.1 cm³/mol. The standard InChI is InChI=1S/C14H12Cl2O2.C4H8/c1-9-6-10(8-17)2-4-13(9)18-14-5-3-11(15)7-12(14)16;1-3-4-2/h2-7,17H,8H2,1H3;3H,1,4H2,2H3. The van der Waals surface area contributed by atoms with Gasteiger partial charge in [-0.2, -0.15) is 0 Å². The number of rotatable bonds is 4. The quantitative estimate of drug-likeness (QED) is 0.675. The van der Waals surface area contributed by atoms with E-state index in [1.54, 1.807) is 18.2 Å². The lowest BCUT2D eigenvalue weighted by Gasteiger charge is -2.11. The first-order valence-electron chi connectivity index (χ1n) is 6.96. The zero-order valence-electron chi connectivity index (χ0n) is 12.8. The second kappa shape index (κ2) is 9.52. The Hall–Kier alpha value is -1.48. The first-order chi connectivity index (χ1) is 10.5. The highest BCUT2D eigenvalue weighted by molar-refractivity contribution is 6.35. The van der Waals surface area contributed by atoms with Crippen molar-refractivity contribution in [2.75, 3.05) is 0 Å². The minimum absolute atomic E-state index is 0.0167. The molecule has 1 N–H and O–H groups in total. The van der Waals surface area contributed by atoms with Crippen LogP contribution in [-0.4, -0.2) is 5.11 Å². The Labute approximate surface area is 142 Å². The zero-order chi connectivity index (χ0) is 16.5. The molecule has 0 aliphatic rings. The van der Waals surface area contributed by atoms with E-state index in [0.29, 0.717) is 21.5 Å². The number of aliphatic hydroxyl groups is 1. The van der Waals surface area contributed by atoms with Crippen LogP contribution in [0.5, 0.6) is 11.5 Å². The van der Waals surface area contributed by atoms with Gasteiger partial charge in [-0.15, -0.1) is 6.58 Å². The van der Waals surface area contributed by atoms with Crippen molar-refractivity contribution in [1.82, 2.24) is 0 Å². The number of benzene rings is 2. The van der Waals surface area contributed by atoms with E-state index in [1.807, 2.05) is 31.2 Å². The molecule has 0 saturated carbocycles. The van der Waals surface area contributed by atoms with Gasteiger partial charge >= 0.3 is 0 Å². The van der Waals surface area contributed by atoms with Gasteiger partial charge in [-0.05, 0) is 48.7 Å². The number of aryl methyl sites for hydroxylation is 1. The van der Waals surface area contributed by atoms with Crippen molar-refractivity contribution in [1.29, 1.82) is 0 Å². The highest BCUT2D eigenvalue weighted by Gasteiger charge is 2.06. The molecule has 0 amide bonds. The SMILES string of the molecule is C=CCC.Cc1cc(CO)ccc1Oc1ccc(Cl)cc1Cl. The lowest BCUT2D eigenvalue weighted by Crippen LogP contribution is -1.91. The lowest BCUT2D eigenvalue weighted by molar-refractivity contribution is 0.281. The molecule has 2 aromatic rings. The first-order valence-corrected chi connectivity index (χ1v) is 7.71. The topological polar surface area (TPSA) is 29.5 Å². The molecule has 2 rings (SSSR count). The van der Waals surface area contributed by atoms with Crippen LogP contribution in [0.25, 0.3) is 0 Å². The number of hydrogen-bond acceptors (Lipinski definition) is 2. The van der Waals surface area contributed by atoms with Gasteiger partial charge in [0.2, 0.25) is 0 Å². The molecule has 2 nitrogen and oxygen atoms in total. The Kier molecular flexibility index (Phi) is 8.03. The van der Waals surface area contributed by atoms with Crippen molar-refractivity contribution >= 4 is 23.2 Å². The van der Waals surface area contributed by atoms with Gasteiger partial charge in [-0.3, -0.25) is 0 Å². The monoisotopic (exact) mass is 338 g/mol. The van der Waals surface area contributed by atoms with Crippen LogP contribution in [0.15, 0.2) is 49.1 Å². The third-order valence-electron chi connectivity index (χ3n) is 2.82. The van der Waals surface area contributed by atoms with E-state index in [-0.39, 0.29) is 6.61 Å². The molecule has 0 bridgehead atoms. The van der Waals surface area contributed by atoms with Crippen LogP contribution < -0.4 is 4.74 Å². The average molecular weight is 339 g/mol. The molecule has 0 saturated heterocycles. The molecule has 0 spiro atoms. The summed E-state index contributed by atoms with van der Waals surface area (Å²) in [6, 6.07) is 10.6. The molecule has 22 heavy (non-hydrogen) atoms.